The first-order chi connectivity index (χ1) is 13.3. The fourth-order valence-corrected chi connectivity index (χ4v) is 5.35. The lowest BCUT2D eigenvalue weighted by Gasteiger charge is -2.56. The molecule has 28 heavy (non-hydrogen) atoms. The lowest BCUT2D eigenvalue weighted by Crippen LogP contribution is -2.67. The van der Waals surface area contributed by atoms with Gasteiger partial charge in [-0.1, -0.05) is 0 Å². The van der Waals surface area contributed by atoms with Crippen LogP contribution in [-0.4, -0.2) is 58.4 Å². The molecule has 7 nitrogen and oxygen atoms in total. The molecule has 4 rings (SSSR count). The van der Waals surface area contributed by atoms with Crippen molar-refractivity contribution >= 4 is 17.8 Å². The van der Waals surface area contributed by atoms with Crippen LogP contribution in [0.15, 0.2) is 0 Å². The van der Waals surface area contributed by atoms with Gasteiger partial charge < -0.3 is 15.1 Å². The van der Waals surface area contributed by atoms with Gasteiger partial charge in [-0.25, -0.2) is 9.97 Å². The maximum atomic E-state index is 12.8. The number of anilines is 1. The summed E-state index contributed by atoms with van der Waals surface area (Å²) < 4.78 is 0. The van der Waals surface area contributed by atoms with Crippen LogP contribution < -0.4 is 10.2 Å². The van der Waals surface area contributed by atoms with E-state index in [9.17, 15) is 9.59 Å². The Balaban J connectivity index is 1.63. The van der Waals surface area contributed by atoms with E-state index in [1.807, 2.05) is 13.8 Å². The van der Waals surface area contributed by atoms with Gasteiger partial charge in [-0.3, -0.25) is 9.59 Å². The standard InChI is InChI=1S/C21H31N5O2/c1-12-13(2)23-21(24-14(12)3)25-10-16-8-17(11-25)19(9-22-15(4)27)26-18(16)6-5-7-20(26)28/h16-19H,5-11H2,1-4H3,(H,22,27)/t16-,17+,18+,19+/m1/s1. The van der Waals surface area contributed by atoms with E-state index in [0.717, 1.165) is 55.3 Å². The van der Waals surface area contributed by atoms with Gasteiger partial charge in [-0.2, -0.15) is 0 Å². The molecule has 4 atom stereocenters. The van der Waals surface area contributed by atoms with Gasteiger partial charge in [0.2, 0.25) is 17.8 Å². The minimum absolute atomic E-state index is 0.0380. The first-order valence-electron chi connectivity index (χ1n) is 10.5. The predicted octanol–water partition coefficient (Wildman–Crippen LogP) is 1.74. The molecular formula is C21H31N5O2. The van der Waals surface area contributed by atoms with Crippen molar-refractivity contribution in [2.75, 3.05) is 24.5 Å². The fourth-order valence-electron chi connectivity index (χ4n) is 5.35. The van der Waals surface area contributed by atoms with E-state index in [0.29, 0.717) is 24.8 Å². The lowest BCUT2D eigenvalue weighted by molar-refractivity contribution is -0.149. The molecule has 7 heteroatoms. The monoisotopic (exact) mass is 385 g/mol. The largest absolute Gasteiger partial charge is 0.354 e. The zero-order valence-corrected chi connectivity index (χ0v) is 17.4. The second-order valence-corrected chi connectivity index (χ2v) is 8.75. The van der Waals surface area contributed by atoms with Crippen molar-refractivity contribution in [3.8, 4) is 0 Å². The molecule has 3 fully saturated rings. The molecule has 1 aromatic heterocycles. The highest BCUT2D eigenvalue weighted by Crippen LogP contribution is 2.42. The number of fused-ring (bicyclic) bond motifs is 4. The van der Waals surface area contributed by atoms with E-state index in [2.05, 4.69) is 22.0 Å². The smallest absolute Gasteiger partial charge is 0.225 e. The van der Waals surface area contributed by atoms with Crippen LogP contribution in [0.2, 0.25) is 0 Å². The van der Waals surface area contributed by atoms with E-state index in [1.165, 1.54) is 0 Å². The molecule has 2 bridgehead atoms. The molecule has 3 saturated heterocycles. The number of carbonyl (C=O) groups is 2. The number of nitrogens with zero attached hydrogens (tertiary/aromatic N) is 4. The molecule has 0 unspecified atom stereocenters. The van der Waals surface area contributed by atoms with Crippen LogP contribution in [0, 0.1) is 32.6 Å². The van der Waals surface area contributed by atoms with Crippen LogP contribution >= 0.6 is 0 Å². The number of piperidine rings is 3. The quantitative estimate of drug-likeness (QED) is 0.858. The van der Waals surface area contributed by atoms with E-state index < -0.39 is 0 Å². The van der Waals surface area contributed by atoms with Gasteiger partial charge in [0.15, 0.2) is 0 Å². The summed E-state index contributed by atoms with van der Waals surface area (Å²) >= 11 is 0. The third-order valence-corrected chi connectivity index (χ3v) is 6.96. The minimum Gasteiger partial charge on any atom is -0.354 e. The van der Waals surface area contributed by atoms with E-state index in [1.54, 1.807) is 6.92 Å². The van der Waals surface area contributed by atoms with E-state index in [-0.39, 0.29) is 23.9 Å². The second-order valence-electron chi connectivity index (χ2n) is 8.75. The zero-order chi connectivity index (χ0) is 20.0. The number of nitrogens with one attached hydrogen (secondary N) is 1. The van der Waals surface area contributed by atoms with Gasteiger partial charge in [-0.15, -0.1) is 0 Å². The molecule has 2 amide bonds. The molecule has 0 spiro atoms. The average molecular weight is 386 g/mol. The molecule has 1 aromatic rings. The molecule has 0 saturated carbocycles. The molecule has 0 aromatic carbocycles. The normalized spacial score (nSPS) is 29.5. The van der Waals surface area contributed by atoms with Crippen molar-refractivity contribution in [1.82, 2.24) is 20.2 Å². The summed E-state index contributed by atoms with van der Waals surface area (Å²) in [5, 5.41) is 2.97. The van der Waals surface area contributed by atoms with Crippen LogP contribution in [0.3, 0.4) is 0 Å². The highest BCUT2D eigenvalue weighted by molar-refractivity contribution is 5.78. The Labute approximate surface area is 166 Å². The summed E-state index contributed by atoms with van der Waals surface area (Å²) in [6, 6.07) is 0.333. The summed E-state index contributed by atoms with van der Waals surface area (Å²) in [6.07, 6.45) is 3.77. The highest BCUT2D eigenvalue weighted by atomic mass is 16.2. The molecule has 0 aliphatic carbocycles. The van der Waals surface area contributed by atoms with Crippen LogP contribution in [-0.2, 0) is 9.59 Å². The summed E-state index contributed by atoms with van der Waals surface area (Å²) in [5.41, 5.74) is 3.21. The minimum atomic E-state index is -0.0380. The molecule has 0 radical (unpaired) electrons. The first kappa shape index (κ1) is 19.2. The predicted molar refractivity (Wildman–Crippen MR) is 107 cm³/mol. The topological polar surface area (TPSA) is 78.4 Å². The van der Waals surface area contributed by atoms with Crippen LogP contribution in [0.1, 0.15) is 49.6 Å². The molecule has 3 aliphatic rings. The number of hydrogen-bond donors (Lipinski definition) is 1. The highest BCUT2D eigenvalue weighted by Gasteiger charge is 2.49. The Kier molecular flexibility index (Phi) is 5.02. The average Bonchev–Trinajstić information content (AvgIpc) is 2.65. The molecular weight excluding hydrogens is 354 g/mol. The van der Waals surface area contributed by atoms with Gasteiger partial charge >= 0.3 is 0 Å². The number of rotatable bonds is 3. The van der Waals surface area contributed by atoms with Gasteiger partial charge in [0.1, 0.15) is 0 Å². The maximum absolute atomic E-state index is 12.8. The van der Waals surface area contributed by atoms with Crippen molar-refractivity contribution in [2.45, 2.75) is 65.5 Å². The third-order valence-electron chi connectivity index (χ3n) is 6.96. The van der Waals surface area contributed by atoms with Crippen molar-refractivity contribution in [2.24, 2.45) is 11.8 Å². The van der Waals surface area contributed by atoms with E-state index in [4.69, 9.17) is 9.97 Å². The van der Waals surface area contributed by atoms with Crippen molar-refractivity contribution < 1.29 is 9.59 Å². The maximum Gasteiger partial charge on any atom is 0.225 e. The summed E-state index contributed by atoms with van der Waals surface area (Å²) in [5.74, 6) is 1.80. The number of hydrogen-bond acceptors (Lipinski definition) is 5. The number of carbonyl (C=O) groups excluding carboxylic acids is 2. The van der Waals surface area contributed by atoms with Gasteiger partial charge in [-0.05, 0) is 57.4 Å². The Morgan fingerprint density at radius 3 is 2.50 bits per heavy atom. The van der Waals surface area contributed by atoms with Crippen molar-refractivity contribution in [3.63, 3.8) is 0 Å². The van der Waals surface area contributed by atoms with Crippen LogP contribution in [0.4, 0.5) is 5.95 Å². The Morgan fingerprint density at radius 1 is 1.14 bits per heavy atom. The second kappa shape index (κ2) is 7.33. The summed E-state index contributed by atoms with van der Waals surface area (Å²) in [4.78, 5) is 38.3. The molecule has 1 N–H and O–H groups in total. The Morgan fingerprint density at radius 2 is 1.82 bits per heavy atom. The number of aromatic nitrogens is 2. The zero-order valence-electron chi connectivity index (χ0n) is 17.4. The Hall–Kier alpha value is -2.18. The summed E-state index contributed by atoms with van der Waals surface area (Å²) in [7, 11) is 0. The fraction of sp³-hybridized carbons (Fsp3) is 0.714. The number of aryl methyl sites for hydroxylation is 2. The van der Waals surface area contributed by atoms with Gasteiger partial charge in [0, 0.05) is 50.4 Å². The molecule has 3 aliphatic heterocycles. The summed E-state index contributed by atoms with van der Waals surface area (Å²) in [6.45, 7) is 9.96. The molecule has 4 heterocycles. The number of amides is 2. The van der Waals surface area contributed by atoms with Crippen LogP contribution in [0.5, 0.6) is 0 Å². The lowest BCUT2D eigenvalue weighted by atomic mass is 9.72. The van der Waals surface area contributed by atoms with Crippen molar-refractivity contribution in [3.05, 3.63) is 17.0 Å². The third kappa shape index (κ3) is 3.35. The first-order valence-corrected chi connectivity index (χ1v) is 10.5. The Bertz CT molecular complexity index is 772. The van der Waals surface area contributed by atoms with Gasteiger partial charge in [0.05, 0.1) is 6.04 Å². The SMILES string of the molecule is CC(=O)NC[C@H]1[C@H]2C[C@H](CN(c3nc(C)c(C)c(C)n3)C2)[C@@H]2CCCC(=O)N21. The molecule has 152 valence electrons. The van der Waals surface area contributed by atoms with E-state index >= 15 is 0 Å². The van der Waals surface area contributed by atoms with Crippen molar-refractivity contribution in [1.29, 1.82) is 0 Å². The van der Waals surface area contributed by atoms with Crippen LogP contribution in [0.25, 0.3) is 0 Å². The van der Waals surface area contributed by atoms with Gasteiger partial charge in [0.25, 0.3) is 0 Å².